The van der Waals surface area contributed by atoms with Crippen LogP contribution in [0.1, 0.15) is 30.6 Å². The van der Waals surface area contributed by atoms with Crippen molar-refractivity contribution in [2.24, 2.45) is 0 Å². The van der Waals surface area contributed by atoms with Crippen LogP contribution in [0.5, 0.6) is 11.5 Å². The number of rotatable bonds is 9. The second kappa shape index (κ2) is 10.0. The smallest absolute Gasteiger partial charge is 0.387 e. The van der Waals surface area contributed by atoms with Gasteiger partial charge < -0.3 is 19.3 Å². The predicted octanol–water partition coefficient (Wildman–Crippen LogP) is 5.03. The fraction of sp³-hybridized carbons (Fsp3) is 0.389. The zero-order valence-electron chi connectivity index (χ0n) is 14.7. The van der Waals surface area contributed by atoms with Gasteiger partial charge in [0.1, 0.15) is 0 Å². The summed E-state index contributed by atoms with van der Waals surface area (Å²) in [6, 6.07) is 4.19. The number of alkyl halides is 2. The lowest BCUT2D eigenvalue weighted by atomic mass is 10.0. The lowest BCUT2D eigenvalue weighted by molar-refractivity contribution is -0.0703. The largest absolute Gasteiger partial charge is 0.461 e. The molecular formula is C18H19Cl2F2NO4. The van der Waals surface area contributed by atoms with Crippen molar-refractivity contribution >= 4 is 23.2 Å². The van der Waals surface area contributed by atoms with Gasteiger partial charge in [0.2, 0.25) is 0 Å². The van der Waals surface area contributed by atoms with Crippen molar-refractivity contribution in [1.29, 1.82) is 0 Å². The molecule has 2 unspecified atom stereocenters. The topological polar surface area (TPSA) is 60.8 Å². The summed E-state index contributed by atoms with van der Waals surface area (Å²) in [6.45, 7) is -1.20. The molecule has 148 valence electrons. The third-order valence-corrected chi connectivity index (χ3v) is 4.42. The normalized spacial score (nSPS) is 13.5. The molecule has 1 aromatic heterocycles. The highest BCUT2D eigenvalue weighted by Crippen LogP contribution is 2.35. The summed E-state index contributed by atoms with van der Waals surface area (Å²) in [5.74, 6) is -0.121. The number of hydrogen-bond acceptors (Lipinski definition) is 5. The van der Waals surface area contributed by atoms with Crippen LogP contribution in [0.15, 0.2) is 30.6 Å². The number of aliphatic hydroxyl groups excluding tert-OH is 1. The first-order valence-corrected chi connectivity index (χ1v) is 8.85. The molecule has 5 nitrogen and oxygen atoms in total. The van der Waals surface area contributed by atoms with Gasteiger partial charge in [0.05, 0.1) is 16.1 Å². The highest BCUT2D eigenvalue weighted by Gasteiger charge is 2.19. The van der Waals surface area contributed by atoms with Crippen LogP contribution in [0.25, 0.3) is 0 Å². The van der Waals surface area contributed by atoms with Crippen molar-refractivity contribution in [3.63, 3.8) is 0 Å². The zero-order chi connectivity index (χ0) is 20.0. The molecule has 0 spiro atoms. The van der Waals surface area contributed by atoms with Crippen LogP contribution in [-0.4, -0.2) is 30.1 Å². The van der Waals surface area contributed by atoms with Crippen molar-refractivity contribution in [2.45, 2.75) is 38.8 Å². The Labute approximate surface area is 165 Å². The highest BCUT2D eigenvalue weighted by molar-refractivity contribution is 6.35. The highest BCUT2D eigenvalue weighted by atomic mass is 35.5. The monoisotopic (exact) mass is 421 g/mol. The minimum absolute atomic E-state index is 0.0347. The van der Waals surface area contributed by atoms with E-state index in [-0.39, 0.29) is 17.9 Å². The van der Waals surface area contributed by atoms with Gasteiger partial charge in [-0.3, -0.25) is 4.98 Å². The number of aliphatic hydroxyl groups is 1. The van der Waals surface area contributed by atoms with Crippen LogP contribution in [0.2, 0.25) is 10.0 Å². The maximum Gasteiger partial charge on any atom is 0.387 e. The number of halogens is 4. The van der Waals surface area contributed by atoms with Gasteiger partial charge in [-0.2, -0.15) is 8.78 Å². The predicted molar refractivity (Wildman–Crippen MR) is 97.7 cm³/mol. The second-order valence-corrected chi connectivity index (χ2v) is 6.39. The summed E-state index contributed by atoms with van der Waals surface area (Å²) in [5, 5.41) is 11.2. The fourth-order valence-corrected chi connectivity index (χ4v) is 2.92. The van der Waals surface area contributed by atoms with Crippen LogP contribution in [0.4, 0.5) is 8.78 Å². The number of nitrogens with zero attached hydrogens (tertiary/aromatic N) is 1. The molecule has 0 bridgehead atoms. The number of ether oxygens (including phenoxy) is 3. The van der Waals surface area contributed by atoms with Crippen molar-refractivity contribution in [2.75, 3.05) is 7.11 Å². The van der Waals surface area contributed by atoms with E-state index in [0.29, 0.717) is 27.6 Å². The second-order valence-electron chi connectivity index (χ2n) is 5.58. The molecule has 0 amide bonds. The van der Waals surface area contributed by atoms with Crippen LogP contribution in [-0.2, 0) is 11.2 Å². The first kappa shape index (κ1) is 21.6. The summed E-state index contributed by atoms with van der Waals surface area (Å²) in [7, 11) is 1.44. The van der Waals surface area contributed by atoms with Gasteiger partial charge >= 0.3 is 6.61 Å². The molecule has 0 saturated carbocycles. The van der Waals surface area contributed by atoms with Gasteiger partial charge in [0.15, 0.2) is 17.8 Å². The fourth-order valence-electron chi connectivity index (χ4n) is 2.40. The van der Waals surface area contributed by atoms with Crippen molar-refractivity contribution in [1.82, 2.24) is 4.98 Å². The molecule has 1 aromatic carbocycles. The van der Waals surface area contributed by atoms with Crippen LogP contribution in [0.3, 0.4) is 0 Å². The molecule has 0 fully saturated rings. The Morgan fingerprint density at radius 2 is 1.78 bits per heavy atom. The zero-order valence-corrected chi connectivity index (χ0v) is 16.2. The first-order chi connectivity index (χ1) is 12.8. The molecule has 2 atom stereocenters. The van der Waals surface area contributed by atoms with Gasteiger partial charge in [-0.25, -0.2) is 0 Å². The molecule has 2 aromatic rings. The Morgan fingerprint density at radius 3 is 2.33 bits per heavy atom. The maximum absolute atomic E-state index is 12.6. The van der Waals surface area contributed by atoms with Crippen molar-refractivity contribution in [3.05, 3.63) is 51.8 Å². The van der Waals surface area contributed by atoms with Gasteiger partial charge in [0, 0.05) is 32.3 Å². The molecule has 0 aliphatic rings. The molecule has 1 heterocycles. The minimum atomic E-state index is -3.01. The van der Waals surface area contributed by atoms with E-state index in [9.17, 15) is 13.9 Å². The molecule has 0 saturated heterocycles. The minimum Gasteiger partial charge on any atom is -0.461 e. The van der Waals surface area contributed by atoms with E-state index in [4.69, 9.17) is 32.7 Å². The average molecular weight is 422 g/mol. The molecule has 0 aliphatic carbocycles. The number of pyridine rings is 1. The van der Waals surface area contributed by atoms with E-state index in [1.165, 1.54) is 37.7 Å². The van der Waals surface area contributed by atoms with E-state index in [2.05, 4.69) is 9.72 Å². The van der Waals surface area contributed by atoms with E-state index < -0.39 is 19.0 Å². The molecule has 0 radical (unpaired) electrons. The first-order valence-electron chi connectivity index (χ1n) is 8.09. The Morgan fingerprint density at radius 1 is 1.11 bits per heavy atom. The molecule has 0 aliphatic heterocycles. The standard InChI is InChI=1S/C18H19Cl2F2NO4/c1-3-17(25-2)26-16-6-10(4-5-15(16)27-18(21)22)14(24)7-11-12(19)8-23-9-13(11)20/h4-6,8-9,14,17-18,24H,3,7H2,1-2H3. The lowest BCUT2D eigenvalue weighted by Crippen LogP contribution is -2.18. The third kappa shape index (κ3) is 5.90. The Hall–Kier alpha value is -1.67. The Balaban J connectivity index is 2.30. The van der Waals surface area contributed by atoms with E-state index in [0.717, 1.165) is 0 Å². The summed E-state index contributed by atoms with van der Waals surface area (Å²) in [5.41, 5.74) is 0.945. The molecular weight excluding hydrogens is 403 g/mol. The Kier molecular flexibility index (Phi) is 8.04. The van der Waals surface area contributed by atoms with E-state index in [1.54, 1.807) is 0 Å². The summed E-state index contributed by atoms with van der Waals surface area (Å²) in [6.07, 6.45) is 1.78. The molecule has 2 rings (SSSR count). The van der Waals surface area contributed by atoms with Crippen LogP contribution >= 0.6 is 23.2 Å². The van der Waals surface area contributed by atoms with Gasteiger partial charge in [-0.05, 0) is 23.3 Å². The van der Waals surface area contributed by atoms with Crippen molar-refractivity contribution < 1.29 is 28.1 Å². The SMILES string of the molecule is CCC(OC)Oc1cc(C(O)Cc2c(Cl)cncc2Cl)ccc1OC(F)F. The van der Waals surface area contributed by atoms with Crippen LogP contribution in [0, 0.1) is 0 Å². The lowest BCUT2D eigenvalue weighted by Gasteiger charge is -2.20. The molecule has 27 heavy (non-hydrogen) atoms. The third-order valence-electron chi connectivity index (χ3n) is 3.77. The number of benzene rings is 1. The average Bonchev–Trinajstić information content (AvgIpc) is 2.63. The van der Waals surface area contributed by atoms with E-state index >= 15 is 0 Å². The summed E-state index contributed by atoms with van der Waals surface area (Å²) < 4.78 is 40.5. The number of methoxy groups -OCH3 is 1. The number of hydrogen-bond donors (Lipinski definition) is 1. The quantitative estimate of drug-likeness (QED) is 0.575. The number of aromatic nitrogens is 1. The van der Waals surface area contributed by atoms with E-state index in [1.807, 2.05) is 6.92 Å². The maximum atomic E-state index is 12.6. The Bertz CT molecular complexity index is 740. The van der Waals surface area contributed by atoms with Gasteiger partial charge in [-0.15, -0.1) is 0 Å². The molecule has 1 N–H and O–H groups in total. The summed E-state index contributed by atoms with van der Waals surface area (Å²) >= 11 is 12.2. The summed E-state index contributed by atoms with van der Waals surface area (Å²) in [4.78, 5) is 3.86. The molecule has 9 heteroatoms. The van der Waals surface area contributed by atoms with Gasteiger partial charge in [0.25, 0.3) is 0 Å². The van der Waals surface area contributed by atoms with Crippen LogP contribution < -0.4 is 9.47 Å². The van der Waals surface area contributed by atoms with Gasteiger partial charge in [-0.1, -0.05) is 36.2 Å². The van der Waals surface area contributed by atoms with Crippen molar-refractivity contribution in [3.8, 4) is 11.5 Å².